The summed E-state index contributed by atoms with van der Waals surface area (Å²) in [7, 11) is 0. The molecule has 5 rings (SSSR count). The van der Waals surface area contributed by atoms with Gasteiger partial charge in [0.25, 0.3) is 5.91 Å². The van der Waals surface area contributed by atoms with Gasteiger partial charge in [0, 0.05) is 23.3 Å². The molecule has 1 aromatic carbocycles. The lowest BCUT2D eigenvalue weighted by atomic mass is 9.79. The summed E-state index contributed by atoms with van der Waals surface area (Å²) in [6.45, 7) is 4.56. The van der Waals surface area contributed by atoms with Gasteiger partial charge >= 0.3 is 0 Å². The van der Waals surface area contributed by atoms with Crippen molar-refractivity contribution in [1.29, 1.82) is 0 Å². The number of piperidine rings is 3. The van der Waals surface area contributed by atoms with E-state index in [0.29, 0.717) is 16.8 Å². The first-order valence-corrected chi connectivity index (χ1v) is 9.30. The number of aromatic nitrogens is 1. The fourth-order valence-corrected chi connectivity index (χ4v) is 4.73. The predicted molar refractivity (Wildman–Crippen MR) is 97.0 cm³/mol. The van der Waals surface area contributed by atoms with Crippen LogP contribution in [0.1, 0.15) is 29.4 Å². The molecule has 2 unspecified atom stereocenters. The van der Waals surface area contributed by atoms with E-state index in [1.165, 1.54) is 37.3 Å². The highest BCUT2D eigenvalue weighted by Crippen LogP contribution is 2.33. The second-order valence-electron chi connectivity index (χ2n) is 6.76. The van der Waals surface area contributed by atoms with Gasteiger partial charge in [-0.3, -0.25) is 9.69 Å². The Balaban J connectivity index is 1.48. The van der Waals surface area contributed by atoms with Crippen molar-refractivity contribution in [2.75, 3.05) is 18.8 Å². The number of anilines is 1. The van der Waals surface area contributed by atoms with Crippen molar-refractivity contribution in [2.24, 2.45) is 5.92 Å². The van der Waals surface area contributed by atoms with Gasteiger partial charge in [-0.05, 0) is 63.0 Å². The van der Waals surface area contributed by atoms with Crippen LogP contribution in [0.4, 0.5) is 5.69 Å². The first-order chi connectivity index (χ1) is 11.6. The number of fused-ring (bicyclic) bond motifs is 3. The van der Waals surface area contributed by atoms with Crippen LogP contribution in [0.3, 0.4) is 0 Å². The number of amides is 1. The summed E-state index contributed by atoms with van der Waals surface area (Å²) in [5.41, 5.74) is 7.44. The third-order valence-electron chi connectivity index (χ3n) is 5.36. The largest absolute Gasteiger partial charge is 0.399 e. The van der Waals surface area contributed by atoms with Gasteiger partial charge in [-0.15, -0.1) is 11.3 Å². The quantitative estimate of drug-likeness (QED) is 0.841. The minimum Gasteiger partial charge on any atom is -0.399 e. The average molecular weight is 342 g/mol. The van der Waals surface area contributed by atoms with Crippen molar-refractivity contribution >= 4 is 22.9 Å². The number of hydrogen-bond acceptors (Lipinski definition) is 5. The van der Waals surface area contributed by atoms with E-state index in [4.69, 9.17) is 5.73 Å². The zero-order valence-electron chi connectivity index (χ0n) is 13.7. The fraction of sp³-hybridized carbons (Fsp3) is 0.444. The van der Waals surface area contributed by atoms with Crippen molar-refractivity contribution in [3.8, 4) is 10.6 Å². The molecule has 3 aliphatic heterocycles. The highest BCUT2D eigenvalue weighted by atomic mass is 32.1. The standard InChI is InChI=1S/C18H22N4OS/c1-11-16(12-6-8-22(11)9-7-12)21-17(23)15-10-20-18(24-15)13-2-4-14(19)5-3-13/h2-5,10-12,16H,6-9,19H2,1H3,(H,21,23). The third kappa shape index (κ3) is 2.80. The molecule has 0 spiro atoms. The molecule has 4 heterocycles. The Morgan fingerprint density at radius 2 is 2.00 bits per heavy atom. The first kappa shape index (κ1) is 15.6. The van der Waals surface area contributed by atoms with Gasteiger partial charge in [0.05, 0.1) is 6.20 Å². The molecular weight excluding hydrogens is 320 g/mol. The minimum absolute atomic E-state index is 0.000190. The number of benzene rings is 1. The normalized spacial score (nSPS) is 28.7. The maximum absolute atomic E-state index is 12.7. The fourth-order valence-electron chi connectivity index (χ4n) is 3.91. The Labute approximate surface area is 145 Å². The molecule has 3 N–H and O–H groups in total. The molecule has 3 aliphatic rings. The second-order valence-corrected chi connectivity index (χ2v) is 7.80. The van der Waals surface area contributed by atoms with Crippen LogP contribution in [0.15, 0.2) is 30.5 Å². The number of nitrogens with two attached hydrogens (primary N) is 1. The van der Waals surface area contributed by atoms with Gasteiger partial charge in [-0.1, -0.05) is 0 Å². The van der Waals surface area contributed by atoms with E-state index in [9.17, 15) is 4.79 Å². The summed E-state index contributed by atoms with van der Waals surface area (Å²) in [6, 6.07) is 8.25. The van der Waals surface area contributed by atoms with Crippen molar-refractivity contribution in [2.45, 2.75) is 31.8 Å². The maximum Gasteiger partial charge on any atom is 0.263 e. The Morgan fingerprint density at radius 1 is 1.29 bits per heavy atom. The summed E-state index contributed by atoms with van der Waals surface area (Å²) in [6.07, 6.45) is 4.06. The average Bonchev–Trinajstić information content (AvgIpc) is 3.09. The van der Waals surface area contributed by atoms with Crippen LogP contribution >= 0.6 is 11.3 Å². The van der Waals surface area contributed by atoms with Gasteiger partial charge in [0.1, 0.15) is 9.88 Å². The number of carbonyl (C=O) groups is 1. The van der Waals surface area contributed by atoms with E-state index < -0.39 is 0 Å². The molecule has 0 radical (unpaired) electrons. The number of rotatable bonds is 3. The van der Waals surface area contributed by atoms with Gasteiger partial charge in [0.15, 0.2) is 0 Å². The van der Waals surface area contributed by atoms with Crippen LogP contribution in [0.25, 0.3) is 10.6 Å². The summed E-state index contributed by atoms with van der Waals surface area (Å²) in [5.74, 6) is 0.609. The van der Waals surface area contributed by atoms with E-state index in [-0.39, 0.29) is 11.9 Å². The van der Waals surface area contributed by atoms with Crippen molar-refractivity contribution in [3.05, 3.63) is 35.3 Å². The lowest BCUT2D eigenvalue weighted by Crippen LogP contribution is -2.62. The maximum atomic E-state index is 12.7. The molecule has 2 bridgehead atoms. The Bertz CT molecular complexity index is 732. The van der Waals surface area contributed by atoms with Gasteiger partial charge in [-0.25, -0.2) is 4.98 Å². The zero-order valence-corrected chi connectivity index (χ0v) is 14.6. The Hall–Kier alpha value is -1.92. The molecule has 6 heteroatoms. The molecule has 3 saturated heterocycles. The van der Waals surface area contributed by atoms with E-state index in [1.807, 2.05) is 24.3 Å². The SMILES string of the molecule is CC1C(NC(=O)c2cnc(-c3ccc(N)cc3)s2)C2CCN1CC2. The number of nitrogen functional groups attached to an aromatic ring is 1. The van der Waals surface area contributed by atoms with Crippen molar-refractivity contribution in [3.63, 3.8) is 0 Å². The van der Waals surface area contributed by atoms with Crippen molar-refractivity contribution < 1.29 is 4.79 Å². The second kappa shape index (κ2) is 6.18. The van der Waals surface area contributed by atoms with Crippen LogP contribution in [0, 0.1) is 5.92 Å². The monoisotopic (exact) mass is 342 g/mol. The lowest BCUT2D eigenvalue weighted by molar-refractivity contribution is 0.0218. The number of carbonyl (C=O) groups excluding carboxylic acids is 1. The van der Waals surface area contributed by atoms with Crippen molar-refractivity contribution in [1.82, 2.24) is 15.2 Å². The van der Waals surface area contributed by atoms with Gasteiger partial charge in [-0.2, -0.15) is 0 Å². The highest BCUT2D eigenvalue weighted by Gasteiger charge is 2.40. The topological polar surface area (TPSA) is 71.2 Å². The minimum atomic E-state index is -0.000190. The van der Waals surface area contributed by atoms with E-state index >= 15 is 0 Å². The van der Waals surface area contributed by atoms with Crippen LogP contribution in [0.2, 0.25) is 0 Å². The van der Waals surface area contributed by atoms with E-state index in [0.717, 1.165) is 16.3 Å². The Morgan fingerprint density at radius 3 is 2.67 bits per heavy atom. The van der Waals surface area contributed by atoms with Crippen LogP contribution in [-0.4, -0.2) is 41.0 Å². The smallest absolute Gasteiger partial charge is 0.263 e. The molecule has 3 fully saturated rings. The molecular formula is C18H22N4OS. The number of hydrogen-bond donors (Lipinski definition) is 2. The predicted octanol–water partition coefficient (Wildman–Crippen LogP) is 2.60. The molecule has 0 aliphatic carbocycles. The third-order valence-corrected chi connectivity index (χ3v) is 6.41. The van der Waals surface area contributed by atoms with Crippen LogP contribution < -0.4 is 11.1 Å². The number of nitrogens with zero attached hydrogens (tertiary/aromatic N) is 2. The van der Waals surface area contributed by atoms with E-state index in [1.54, 1.807) is 6.20 Å². The molecule has 24 heavy (non-hydrogen) atoms. The summed E-state index contributed by atoms with van der Waals surface area (Å²) < 4.78 is 0. The van der Waals surface area contributed by atoms with Crippen LogP contribution in [-0.2, 0) is 0 Å². The lowest BCUT2D eigenvalue weighted by Gasteiger charge is -2.49. The van der Waals surface area contributed by atoms with Crippen LogP contribution in [0.5, 0.6) is 0 Å². The van der Waals surface area contributed by atoms with E-state index in [2.05, 4.69) is 22.1 Å². The molecule has 2 atom stereocenters. The number of nitrogens with one attached hydrogen (secondary N) is 1. The number of thiazole rings is 1. The molecule has 126 valence electrons. The molecule has 0 saturated carbocycles. The molecule has 2 aromatic rings. The van der Waals surface area contributed by atoms with Gasteiger partial charge < -0.3 is 11.1 Å². The summed E-state index contributed by atoms with van der Waals surface area (Å²) in [4.78, 5) is 20.2. The summed E-state index contributed by atoms with van der Waals surface area (Å²) in [5, 5.41) is 4.11. The molecule has 1 aromatic heterocycles. The highest BCUT2D eigenvalue weighted by molar-refractivity contribution is 7.16. The summed E-state index contributed by atoms with van der Waals surface area (Å²) >= 11 is 1.43. The Kier molecular flexibility index (Phi) is 4.02. The zero-order chi connectivity index (χ0) is 16.7. The van der Waals surface area contributed by atoms with Gasteiger partial charge in [0.2, 0.25) is 0 Å². The molecule has 5 nitrogen and oxygen atoms in total. The first-order valence-electron chi connectivity index (χ1n) is 8.48. The molecule has 1 amide bonds.